The first-order valence-electron chi connectivity index (χ1n) is 6.39. The van der Waals surface area contributed by atoms with Gasteiger partial charge >= 0.3 is 0 Å². The minimum absolute atomic E-state index is 0.0694. The molecular formula is C13H25NO. The first kappa shape index (κ1) is 12.5. The number of nitrogens with one attached hydrogen (secondary N) is 1. The molecule has 1 atom stereocenters. The van der Waals surface area contributed by atoms with Gasteiger partial charge in [-0.3, -0.25) is 4.79 Å². The summed E-state index contributed by atoms with van der Waals surface area (Å²) in [6.07, 6.45) is 8.32. The lowest BCUT2D eigenvalue weighted by Gasteiger charge is -2.36. The van der Waals surface area contributed by atoms with E-state index in [4.69, 9.17) is 0 Å². The Morgan fingerprint density at radius 1 is 1.27 bits per heavy atom. The molecule has 15 heavy (non-hydrogen) atoms. The summed E-state index contributed by atoms with van der Waals surface area (Å²) in [6, 6.07) is 0. The van der Waals surface area contributed by atoms with Crippen LogP contribution in [0.5, 0.6) is 0 Å². The molecule has 1 fully saturated rings. The number of amides is 1. The molecule has 1 aliphatic carbocycles. The Bertz CT molecular complexity index is 205. The molecule has 1 unspecified atom stereocenters. The number of hydrogen-bond acceptors (Lipinski definition) is 1. The van der Waals surface area contributed by atoms with Gasteiger partial charge in [0.25, 0.3) is 0 Å². The molecule has 2 nitrogen and oxygen atoms in total. The van der Waals surface area contributed by atoms with Crippen molar-refractivity contribution < 1.29 is 4.79 Å². The minimum atomic E-state index is -0.0694. The maximum Gasteiger partial charge on any atom is 0.226 e. The van der Waals surface area contributed by atoms with Crippen LogP contribution in [-0.4, -0.2) is 13.0 Å². The van der Waals surface area contributed by atoms with Crippen LogP contribution < -0.4 is 5.32 Å². The summed E-state index contributed by atoms with van der Waals surface area (Å²) < 4.78 is 0. The highest BCUT2D eigenvalue weighted by Crippen LogP contribution is 2.42. The molecule has 0 heterocycles. The smallest absolute Gasteiger partial charge is 0.226 e. The molecule has 1 rings (SSSR count). The Morgan fingerprint density at radius 3 is 2.20 bits per heavy atom. The van der Waals surface area contributed by atoms with Gasteiger partial charge in [0.2, 0.25) is 5.91 Å². The van der Waals surface area contributed by atoms with E-state index in [0.717, 1.165) is 19.3 Å². The number of rotatable bonds is 3. The molecule has 0 radical (unpaired) electrons. The fourth-order valence-electron chi connectivity index (χ4n) is 2.94. The van der Waals surface area contributed by atoms with Gasteiger partial charge in [0.1, 0.15) is 0 Å². The molecule has 2 heteroatoms. The quantitative estimate of drug-likeness (QED) is 0.714. The molecule has 0 aromatic rings. The first-order chi connectivity index (χ1) is 7.17. The molecular weight excluding hydrogens is 186 g/mol. The van der Waals surface area contributed by atoms with Gasteiger partial charge in [-0.15, -0.1) is 0 Å². The van der Waals surface area contributed by atoms with Crippen molar-refractivity contribution in [2.75, 3.05) is 7.05 Å². The van der Waals surface area contributed by atoms with E-state index in [1.165, 1.54) is 25.7 Å². The summed E-state index contributed by atoms with van der Waals surface area (Å²) in [6.45, 7) is 4.43. The number of hydrogen-bond donors (Lipinski definition) is 1. The van der Waals surface area contributed by atoms with E-state index in [0.29, 0.717) is 5.92 Å². The number of carbonyl (C=O) groups excluding carboxylic acids is 1. The third kappa shape index (κ3) is 2.53. The van der Waals surface area contributed by atoms with E-state index in [1.54, 1.807) is 7.05 Å². The molecule has 0 saturated heterocycles. The van der Waals surface area contributed by atoms with Crippen LogP contribution in [0.3, 0.4) is 0 Å². The van der Waals surface area contributed by atoms with Crippen LogP contribution in [0.25, 0.3) is 0 Å². The van der Waals surface area contributed by atoms with Crippen molar-refractivity contribution in [3.8, 4) is 0 Å². The van der Waals surface area contributed by atoms with Gasteiger partial charge in [0, 0.05) is 7.05 Å². The zero-order valence-corrected chi connectivity index (χ0v) is 10.4. The third-order valence-corrected chi connectivity index (χ3v) is 4.23. The lowest BCUT2D eigenvalue weighted by Crippen LogP contribution is -2.43. The monoisotopic (exact) mass is 211 g/mol. The van der Waals surface area contributed by atoms with Gasteiger partial charge in [-0.2, -0.15) is 0 Å². The molecule has 0 aromatic carbocycles. The highest BCUT2D eigenvalue weighted by Gasteiger charge is 2.41. The van der Waals surface area contributed by atoms with E-state index in [1.807, 2.05) is 0 Å². The second-order valence-electron chi connectivity index (χ2n) is 4.96. The Hall–Kier alpha value is -0.530. The SMILES string of the molecule is CCC(C)C1(C(=O)NC)CCCCCC1. The average Bonchev–Trinajstić information content (AvgIpc) is 2.53. The molecule has 1 aliphatic rings. The Labute approximate surface area is 93.8 Å². The van der Waals surface area contributed by atoms with Gasteiger partial charge in [-0.05, 0) is 18.8 Å². The van der Waals surface area contributed by atoms with Crippen molar-refractivity contribution in [2.45, 2.75) is 58.8 Å². The predicted molar refractivity (Wildman–Crippen MR) is 63.7 cm³/mol. The van der Waals surface area contributed by atoms with Crippen molar-refractivity contribution in [1.29, 1.82) is 0 Å². The van der Waals surface area contributed by atoms with Gasteiger partial charge in [0.05, 0.1) is 5.41 Å². The maximum absolute atomic E-state index is 12.1. The summed E-state index contributed by atoms with van der Waals surface area (Å²) in [4.78, 5) is 12.1. The van der Waals surface area contributed by atoms with Crippen molar-refractivity contribution in [2.24, 2.45) is 11.3 Å². The summed E-state index contributed by atoms with van der Waals surface area (Å²) in [5.74, 6) is 0.786. The van der Waals surface area contributed by atoms with Crippen molar-refractivity contribution >= 4 is 5.91 Å². The van der Waals surface area contributed by atoms with Gasteiger partial charge in [0.15, 0.2) is 0 Å². The third-order valence-electron chi connectivity index (χ3n) is 4.23. The normalized spacial score (nSPS) is 22.9. The van der Waals surface area contributed by atoms with E-state index in [9.17, 15) is 4.79 Å². The van der Waals surface area contributed by atoms with Crippen LogP contribution in [0.2, 0.25) is 0 Å². The molecule has 0 bridgehead atoms. The zero-order valence-electron chi connectivity index (χ0n) is 10.4. The first-order valence-corrected chi connectivity index (χ1v) is 6.39. The zero-order chi connectivity index (χ0) is 11.3. The minimum Gasteiger partial charge on any atom is -0.359 e. The molecule has 0 aliphatic heterocycles. The maximum atomic E-state index is 12.1. The second-order valence-corrected chi connectivity index (χ2v) is 4.96. The molecule has 0 spiro atoms. The summed E-state index contributed by atoms with van der Waals surface area (Å²) in [7, 11) is 1.78. The molecule has 1 saturated carbocycles. The Balaban J connectivity index is 2.87. The van der Waals surface area contributed by atoms with Gasteiger partial charge in [-0.1, -0.05) is 46.0 Å². The van der Waals surface area contributed by atoms with Crippen LogP contribution in [0.1, 0.15) is 58.8 Å². The molecule has 1 amide bonds. The second kappa shape index (κ2) is 5.53. The predicted octanol–water partition coefficient (Wildman–Crippen LogP) is 3.12. The van der Waals surface area contributed by atoms with Crippen LogP contribution in [-0.2, 0) is 4.79 Å². The average molecular weight is 211 g/mol. The largest absolute Gasteiger partial charge is 0.359 e. The van der Waals surface area contributed by atoms with E-state index < -0.39 is 0 Å². The Morgan fingerprint density at radius 2 is 1.80 bits per heavy atom. The summed E-state index contributed by atoms with van der Waals surface area (Å²) >= 11 is 0. The van der Waals surface area contributed by atoms with Crippen molar-refractivity contribution in [1.82, 2.24) is 5.32 Å². The fraction of sp³-hybridized carbons (Fsp3) is 0.923. The molecule has 1 N–H and O–H groups in total. The van der Waals surface area contributed by atoms with E-state index in [-0.39, 0.29) is 11.3 Å². The topological polar surface area (TPSA) is 29.1 Å². The highest BCUT2D eigenvalue weighted by molar-refractivity contribution is 5.82. The van der Waals surface area contributed by atoms with Crippen LogP contribution in [0, 0.1) is 11.3 Å². The fourth-order valence-corrected chi connectivity index (χ4v) is 2.94. The molecule has 88 valence electrons. The van der Waals surface area contributed by atoms with E-state index >= 15 is 0 Å². The lowest BCUT2D eigenvalue weighted by atomic mass is 9.69. The summed E-state index contributed by atoms with van der Waals surface area (Å²) in [5.41, 5.74) is -0.0694. The van der Waals surface area contributed by atoms with Crippen LogP contribution in [0.4, 0.5) is 0 Å². The van der Waals surface area contributed by atoms with E-state index in [2.05, 4.69) is 19.2 Å². The van der Waals surface area contributed by atoms with Gasteiger partial charge < -0.3 is 5.32 Å². The van der Waals surface area contributed by atoms with Crippen LogP contribution >= 0.6 is 0 Å². The summed E-state index contributed by atoms with van der Waals surface area (Å²) in [5, 5.41) is 2.88. The standard InChI is InChI=1S/C13H25NO/c1-4-11(2)13(12(15)14-3)9-7-5-6-8-10-13/h11H,4-10H2,1-3H3,(H,14,15). The van der Waals surface area contributed by atoms with Crippen molar-refractivity contribution in [3.63, 3.8) is 0 Å². The molecule has 0 aromatic heterocycles. The van der Waals surface area contributed by atoms with Gasteiger partial charge in [-0.25, -0.2) is 0 Å². The van der Waals surface area contributed by atoms with Crippen molar-refractivity contribution in [3.05, 3.63) is 0 Å². The highest BCUT2D eigenvalue weighted by atomic mass is 16.2. The van der Waals surface area contributed by atoms with Crippen LogP contribution in [0.15, 0.2) is 0 Å². The Kier molecular flexibility index (Phi) is 4.62. The lowest BCUT2D eigenvalue weighted by molar-refractivity contribution is -0.134. The number of carbonyl (C=O) groups is 1.